The number of nitrogens with zero attached hydrogens (tertiary/aromatic N) is 2. The molecule has 0 saturated carbocycles. The van der Waals surface area contributed by atoms with Gasteiger partial charge in [-0.15, -0.1) is 0 Å². The molecule has 0 unspecified atom stereocenters. The number of oxazole rings is 1. The van der Waals surface area contributed by atoms with Gasteiger partial charge in [0.1, 0.15) is 6.54 Å². The van der Waals surface area contributed by atoms with Crippen molar-refractivity contribution in [3.63, 3.8) is 0 Å². The van der Waals surface area contributed by atoms with Crippen molar-refractivity contribution in [1.82, 2.24) is 9.88 Å². The molecule has 1 aliphatic heterocycles. The molecule has 3 aromatic rings. The summed E-state index contributed by atoms with van der Waals surface area (Å²) >= 11 is 5.87. The van der Waals surface area contributed by atoms with Crippen LogP contribution < -0.4 is 0 Å². The molecule has 0 atom stereocenters. The molecule has 5 nitrogen and oxygen atoms in total. The molecule has 24 heavy (non-hydrogen) atoms. The van der Waals surface area contributed by atoms with Gasteiger partial charge in [0, 0.05) is 10.6 Å². The molecule has 4 rings (SSSR count). The van der Waals surface area contributed by atoms with Gasteiger partial charge in [-0.25, -0.2) is 4.98 Å². The molecular formula is C18H11ClN2O3. The van der Waals surface area contributed by atoms with Gasteiger partial charge in [0.2, 0.25) is 5.89 Å². The average Bonchev–Trinajstić information content (AvgIpc) is 3.16. The molecule has 1 aromatic heterocycles. The zero-order valence-electron chi connectivity index (χ0n) is 12.4. The summed E-state index contributed by atoms with van der Waals surface area (Å²) in [6, 6.07) is 13.9. The fraction of sp³-hybridized carbons (Fsp3) is 0.0556. The zero-order chi connectivity index (χ0) is 16.7. The number of imide groups is 1. The highest BCUT2D eigenvalue weighted by molar-refractivity contribution is 6.30. The van der Waals surface area contributed by atoms with Gasteiger partial charge in [0.25, 0.3) is 11.8 Å². The van der Waals surface area contributed by atoms with Gasteiger partial charge >= 0.3 is 0 Å². The number of hydrogen-bond acceptors (Lipinski definition) is 4. The maximum Gasteiger partial charge on any atom is 0.262 e. The minimum atomic E-state index is -0.332. The lowest BCUT2D eigenvalue weighted by atomic mass is 10.1. The third-order valence-electron chi connectivity index (χ3n) is 3.85. The van der Waals surface area contributed by atoms with Crippen LogP contribution in [-0.4, -0.2) is 21.7 Å². The average molecular weight is 339 g/mol. The molecule has 1 aliphatic rings. The highest BCUT2D eigenvalue weighted by atomic mass is 35.5. The van der Waals surface area contributed by atoms with Gasteiger partial charge < -0.3 is 4.42 Å². The van der Waals surface area contributed by atoms with Gasteiger partial charge in [-0.2, -0.15) is 0 Å². The highest BCUT2D eigenvalue weighted by Crippen LogP contribution is 2.26. The summed E-state index contributed by atoms with van der Waals surface area (Å²) in [5, 5.41) is 0.629. The van der Waals surface area contributed by atoms with Crippen LogP contribution in [0.5, 0.6) is 0 Å². The molecule has 2 aromatic carbocycles. The number of aromatic nitrogens is 1. The van der Waals surface area contributed by atoms with Gasteiger partial charge in [0.05, 0.1) is 17.3 Å². The maximum atomic E-state index is 12.3. The molecule has 6 heteroatoms. The summed E-state index contributed by atoms with van der Waals surface area (Å²) in [6.45, 7) is -0.0000631. The molecule has 118 valence electrons. The SMILES string of the molecule is O=C1c2ccccc2C(=O)N1Cc1ncc(-c2ccc(Cl)cc2)o1. The quantitative estimate of drug-likeness (QED) is 0.681. The second kappa shape index (κ2) is 5.62. The first-order valence-electron chi connectivity index (χ1n) is 7.29. The third kappa shape index (κ3) is 2.39. The summed E-state index contributed by atoms with van der Waals surface area (Å²) in [4.78, 5) is 30.0. The van der Waals surface area contributed by atoms with E-state index in [1.807, 2.05) is 12.1 Å². The minimum Gasteiger partial charge on any atom is -0.439 e. The van der Waals surface area contributed by atoms with E-state index in [2.05, 4.69) is 4.98 Å². The molecule has 0 aliphatic carbocycles. The summed E-state index contributed by atoms with van der Waals surface area (Å²) in [7, 11) is 0. The van der Waals surface area contributed by atoms with Crippen LogP contribution in [-0.2, 0) is 6.54 Å². The van der Waals surface area contributed by atoms with Gasteiger partial charge in [-0.1, -0.05) is 23.7 Å². The smallest absolute Gasteiger partial charge is 0.262 e. The molecule has 2 amide bonds. The minimum absolute atomic E-state index is 0.0000631. The lowest BCUT2D eigenvalue weighted by molar-refractivity contribution is 0.0629. The van der Waals surface area contributed by atoms with Crippen LogP contribution in [0.1, 0.15) is 26.6 Å². The van der Waals surface area contributed by atoms with E-state index in [0.29, 0.717) is 27.8 Å². The Kier molecular flexibility index (Phi) is 3.43. The Morgan fingerprint density at radius 3 is 2.21 bits per heavy atom. The van der Waals surface area contributed by atoms with E-state index in [9.17, 15) is 9.59 Å². The van der Waals surface area contributed by atoms with Crippen molar-refractivity contribution in [3.05, 3.63) is 76.8 Å². The topological polar surface area (TPSA) is 63.4 Å². The summed E-state index contributed by atoms with van der Waals surface area (Å²) in [6.07, 6.45) is 1.57. The lowest BCUT2D eigenvalue weighted by Crippen LogP contribution is -2.29. The number of rotatable bonds is 3. The van der Waals surface area contributed by atoms with Crippen LogP contribution in [0.15, 0.2) is 59.1 Å². The number of fused-ring (bicyclic) bond motifs is 1. The normalized spacial score (nSPS) is 13.5. The molecule has 0 fully saturated rings. The molecule has 0 N–H and O–H groups in total. The number of amides is 2. The fourth-order valence-electron chi connectivity index (χ4n) is 2.65. The maximum absolute atomic E-state index is 12.3. The number of carbonyl (C=O) groups excluding carboxylic acids is 2. The molecule has 0 bridgehead atoms. The van der Waals surface area contributed by atoms with Crippen LogP contribution in [0.2, 0.25) is 5.02 Å². The first-order valence-corrected chi connectivity index (χ1v) is 7.67. The first-order chi connectivity index (χ1) is 11.6. The van der Waals surface area contributed by atoms with E-state index in [0.717, 1.165) is 10.5 Å². The first kappa shape index (κ1) is 14.7. The van der Waals surface area contributed by atoms with E-state index in [1.54, 1.807) is 42.6 Å². The van der Waals surface area contributed by atoms with Crippen LogP contribution in [0.25, 0.3) is 11.3 Å². The third-order valence-corrected chi connectivity index (χ3v) is 4.11. The van der Waals surface area contributed by atoms with Crippen molar-refractivity contribution in [2.24, 2.45) is 0 Å². The van der Waals surface area contributed by atoms with Crippen LogP contribution in [0, 0.1) is 0 Å². The molecule has 0 spiro atoms. The Labute approximate surface area is 142 Å². The number of halogens is 1. The fourth-order valence-corrected chi connectivity index (χ4v) is 2.77. The molecule has 2 heterocycles. The standard InChI is InChI=1S/C18H11ClN2O3/c19-12-7-5-11(6-8-12)15-9-20-16(24-15)10-21-17(22)13-3-1-2-4-14(13)18(21)23/h1-9H,10H2. The van der Waals surface area contributed by atoms with Crippen molar-refractivity contribution >= 4 is 23.4 Å². The number of carbonyl (C=O) groups is 2. The van der Waals surface area contributed by atoms with Gasteiger partial charge in [-0.05, 0) is 36.4 Å². The Morgan fingerprint density at radius 2 is 1.58 bits per heavy atom. The van der Waals surface area contributed by atoms with E-state index in [1.165, 1.54) is 0 Å². The second-order valence-electron chi connectivity index (χ2n) is 5.37. The van der Waals surface area contributed by atoms with Crippen molar-refractivity contribution in [1.29, 1.82) is 0 Å². The van der Waals surface area contributed by atoms with Crippen LogP contribution in [0.3, 0.4) is 0 Å². The van der Waals surface area contributed by atoms with E-state index < -0.39 is 0 Å². The van der Waals surface area contributed by atoms with Crippen LogP contribution >= 0.6 is 11.6 Å². The second-order valence-corrected chi connectivity index (χ2v) is 5.80. The highest BCUT2D eigenvalue weighted by Gasteiger charge is 2.35. The Balaban J connectivity index is 1.58. The van der Waals surface area contributed by atoms with E-state index in [4.69, 9.17) is 16.0 Å². The zero-order valence-corrected chi connectivity index (χ0v) is 13.2. The van der Waals surface area contributed by atoms with E-state index >= 15 is 0 Å². The summed E-state index contributed by atoms with van der Waals surface area (Å²) in [5.41, 5.74) is 1.64. The van der Waals surface area contributed by atoms with Crippen LogP contribution in [0.4, 0.5) is 0 Å². The largest absolute Gasteiger partial charge is 0.439 e. The predicted octanol–water partition coefficient (Wildman–Crippen LogP) is 3.79. The summed E-state index contributed by atoms with van der Waals surface area (Å²) in [5.74, 6) is 0.191. The Bertz CT molecular complexity index is 912. The Hall–Kier alpha value is -2.92. The number of hydrogen-bond donors (Lipinski definition) is 0. The number of benzene rings is 2. The Morgan fingerprint density at radius 1 is 0.958 bits per heavy atom. The summed E-state index contributed by atoms with van der Waals surface area (Å²) < 4.78 is 5.67. The van der Waals surface area contributed by atoms with Crippen molar-refractivity contribution < 1.29 is 14.0 Å². The molecular weight excluding hydrogens is 328 g/mol. The van der Waals surface area contributed by atoms with E-state index in [-0.39, 0.29) is 18.4 Å². The molecule has 0 saturated heterocycles. The van der Waals surface area contributed by atoms with Crippen molar-refractivity contribution in [2.45, 2.75) is 6.54 Å². The van der Waals surface area contributed by atoms with Crippen molar-refractivity contribution in [3.8, 4) is 11.3 Å². The van der Waals surface area contributed by atoms with Gasteiger partial charge in [0.15, 0.2) is 5.76 Å². The monoisotopic (exact) mass is 338 g/mol. The van der Waals surface area contributed by atoms with Gasteiger partial charge in [-0.3, -0.25) is 14.5 Å². The van der Waals surface area contributed by atoms with Crippen molar-refractivity contribution in [2.75, 3.05) is 0 Å². The molecule has 0 radical (unpaired) electrons. The lowest BCUT2D eigenvalue weighted by Gasteiger charge is -2.10. The predicted molar refractivity (Wildman–Crippen MR) is 87.6 cm³/mol.